The van der Waals surface area contributed by atoms with Crippen LogP contribution >= 0.6 is 0 Å². The van der Waals surface area contributed by atoms with Crippen LogP contribution < -0.4 is 0 Å². The SMILES string of the molecule is CCCC(O)(O)O.[CaH2]. The molecule has 3 nitrogen and oxygen atoms in total. The molecule has 0 amide bonds. The van der Waals surface area contributed by atoms with Gasteiger partial charge in [-0.2, -0.15) is 0 Å². The summed E-state index contributed by atoms with van der Waals surface area (Å²) in [5.74, 6) is -2.45. The fourth-order valence-electron chi connectivity index (χ4n) is 0.335. The van der Waals surface area contributed by atoms with Gasteiger partial charge >= 0.3 is 37.7 Å². The zero-order valence-electron chi connectivity index (χ0n) is 4.26. The van der Waals surface area contributed by atoms with Gasteiger partial charge in [-0.3, -0.25) is 0 Å². The Labute approximate surface area is 78.3 Å². The van der Waals surface area contributed by atoms with Crippen LogP contribution in [0.2, 0.25) is 0 Å². The molecule has 0 aliphatic heterocycles. The molecule has 0 aliphatic rings. The molecule has 48 valence electrons. The fraction of sp³-hybridized carbons (Fsp3) is 1.00. The summed E-state index contributed by atoms with van der Waals surface area (Å²) in [6.07, 6.45) is 0.566. The normalized spacial score (nSPS) is 10.5. The summed E-state index contributed by atoms with van der Waals surface area (Å²) in [6.45, 7) is 1.75. The molecular weight excluding hydrogens is 136 g/mol. The van der Waals surface area contributed by atoms with Crippen molar-refractivity contribution in [2.45, 2.75) is 25.7 Å². The van der Waals surface area contributed by atoms with Crippen LogP contribution in [0.3, 0.4) is 0 Å². The Morgan fingerprint density at radius 2 is 1.62 bits per heavy atom. The average molecular weight is 148 g/mol. The van der Waals surface area contributed by atoms with Crippen LogP contribution in [0.4, 0.5) is 0 Å². The Morgan fingerprint density at radius 3 is 1.62 bits per heavy atom. The topological polar surface area (TPSA) is 60.7 Å². The molecule has 8 heavy (non-hydrogen) atoms. The zero-order chi connectivity index (χ0) is 5.91. The second-order valence-electron chi connectivity index (χ2n) is 1.52. The van der Waals surface area contributed by atoms with E-state index in [0.717, 1.165) is 0 Å². The molecular formula is C4H12CaO3. The standard InChI is InChI=1S/C4H10O3.Ca.2H/c1-2-3-4(5,6)7;;;/h5-7H,2-3H2,1H3;;;. The second kappa shape index (κ2) is 4.97. The van der Waals surface area contributed by atoms with Crippen LogP contribution in [0.25, 0.3) is 0 Å². The minimum absolute atomic E-state index is 0. The average Bonchev–Trinajstić information content (AvgIpc) is 1.30. The van der Waals surface area contributed by atoms with Gasteiger partial charge in [-0.15, -0.1) is 0 Å². The van der Waals surface area contributed by atoms with Crippen LogP contribution in [0.5, 0.6) is 0 Å². The van der Waals surface area contributed by atoms with Crippen LogP contribution in [-0.4, -0.2) is 59.0 Å². The third-order valence-electron chi connectivity index (χ3n) is 0.585. The molecule has 0 radical (unpaired) electrons. The van der Waals surface area contributed by atoms with E-state index in [-0.39, 0.29) is 44.2 Å². The predicted molar refractivity (Wildman–Crippen MR) is 32.8 cm³/mol. The van der Waals surface area contributed by atoms with Gasteiger partial charge in [-0.05, 0) is 6.42 Å². The molecule has 0 aliphatic carbocycles. The Kier molecular flexibility index (Phi) is 7.38. The fourth-order valence-corrected chi connectivity index (χ4v) is 0.335. The van der Waals surface area contributed by atoms with Crippen molar-refractivity contribution in [3.05, 3.63) is 0 Å². The monoisotopic (exact) mass is 148 g/mol. The first-order chi connectivity index (χ1) is 3.06. The molecule has 0 fully saturated rings. The molecule has 0 spiro atoms. The van der Waals surface area contributed by atoms with Gasteiger partial charge in [-0.25, -0.2) is 0 Å². The van der Waals surface area contributed by atoms with Gasteiger partial charge in [0.2, 0.25) is 0 Å². The first kappa shape index (κ1) is 11.9. The van der Waals surface area contributed by atoms with E-state index in [0.29, 0.717) is 6.42 Å². The summed E-state index contributed by atoms with van der Waals surface area (Å²) in [5, 5.41) is 24.4. The quantitative estimate of drug-likeness (QED) is 0.330. The van der Waals surface area contributed by atoms with E-state index >= 15 is 0 Å². The molecule has 0 heterocycles. The molecule has 0 rings (SSSR count). The van der Waals surface area contributed by atoms with Gasteiger partial charge in [0.25, 0.3) is 5.97 Å². The molecule has 0 aromatic heterocycles. The molecule has 0 unspecified atom stereocenters. The van der Waals surface area contributed by atoms with Crippen molar-refractivity contribution in [1.82, 2.24) is 0 Å². The van der Waals surface area contributed by atoms with E-state index < -0.39 is 5.97 Å². The summed E-state index contributed by atoms with van der Waals surface area (Å²) < 4.78 is 0. The van der Waals surface area contributed by atoms with Crippen molar-refractivity contribution in [2.24, 2.45) is 0 Å². The van der Waals surface area contributed by atoms with Gasteiger partial charge in [0.05, 0.1) is 0 Å². The first-order valence-electron chi connectivity index (χ1n) is 2.23. The predicted octanol–water partition coefficient (Wildman–Crippen LogP) is -1.50. The first-order valence-corrected chi connectivity index (χ1v) is 2.23. The summed E-state index contributed by atoms with van der Waals surface area (Å²) in [7, 11) is 0. The van der Waals surface area contributed by atoms with Gasteiger partial charge < -0.3 is 15.3 Å². The molecule has 3 N–H and O–H groups in total. The third kappa shape index (κ3) is 10.2. The third-order valence-corrected chi connectivity index (χ3v) is 0.585. The summed E-state index contributed by atoms with van der Waals surface area (Å²) in [4.78, 5) is 0. The Hall–Kier alpha value is 1.14. The Morgan fingerprint density at radius 1 is 1.25 bits per heavy atom. The van der Waals surface area contributed by atoms with Crippen molar-refractivity contribution in [3.8, 4) is 0 Å². The van der Waals surface area contributed by atoms with E-state index in [1.807, 2.05) is 0 Å². The number of aliphatic hydroxyl groups is 3. The van der Waals surface area contributed by atoms with E-state index in [1.165, 1.54) is 0 Å². The minimum atomic E-state index is -2.45. The number of hydrogen-bond donors (Lipinski definition) is 3. The van der Waals surface area contributed by atoms with Crippen molar-refractivity contribution in [2.75, 3.05) is 0 Å². The van der Waals surface area contributed by atoms with Crippen molar-refractivity contribution in [1.29, 1.82) is 0 Å². The summed E-state index contributed by atoms with van der Waals surface area (Å²) >= 11 is 0. The van der Waals surface area contributed by atoms with Gasteiger partial charge in [-0.1, -0.05) is 6.92 Å². The molecule has 0 aromatic carbocycles. The second-order valence-corrected chi connectivity index (χ2v) is 1.52. The van der Waals surface area contributed by atoms with Gasteiger partial charge in [0.15, 0.2) is 0 Å². The molecule has 0 saturated carbocycles. The summed E-state index contributed by atoms with van der Waals surface area (Å²) in [5.41, 5.74) is 0. The van der Waals surface area contributed by atoms with Crippen molar-refractivity contribution < 1.29 is 15.3 Å². The summed E-state index contributed by atoms with van der Waals surface area (Å²) in [6, 6.07) is 0. The van der Waals surface area contributed by atoms with Crippen LogP contribution in [0.1, 0.15) is 19.8 Å². The Balaban J connectivity index is 0. The van der Waals surface area contributed by atoms with Crippen molar-refractivity contribution in [3.63, 3.8) is 0 Å². The number of hydrogen-bond acceptors (Lipinski definition) is 3. The van der Waals surface area contributed by atoms with E-state index in [4.69, 9.17) is 15.3 Å². The molecule has 0 atom stereocenters. The zero-order valence-corrected chi connectivity index (χ0v) is 4.26. The van der Waals surface area contributed by atoms with Crippen molar-refractivity contribution >= 4 is 37.7 Å². The maximum atomic E-state index is 8.13. The molecule has 0 saturated heterocycles. The van der Waals surface area contributed by atoms with E-state index in [2.05, 4.69) is 0 Å². The van der Waals surface area contributed by atoms with E-state index in [9.17, 15) is 0 Å². The van der Waals surface area contributed by atoms with Crippen LogP contribution in [0.15, 0.2) is 0 Å². The number of rotatable bonds is 2. The van der Waals surface area contributed by atoms with Crippen LogP contribution in [-0.2, 0) is 0 Å². The van der Waals surface area contributed by atoms with E-state index in [1.54, 1.807) is 6.92 Å². The molecule has 0 aromatic rings. The molecule has 4 heteroatoms. The molecule has 0 bridgehead atoms. The Bertz CT molecular complexity index is 49.7. The van der Waals surface area contributed by atoms with Crippen LogP contribution in [0, 0.1) is 0 Å². The van der Waals surface area contributed by atoms with Gasteiger partial charge in [0, 0.05) is 6.42 Å². The van der Waals surface area contributed by atoms with Gasteiger partial charge in [0.1, 0.15) is 0 Å². The maximum absolute atomic E-state index is 8.13.